The molecular formula is C16H15F2NO7S. The van der Waals surface area contributed by atoms with Crippen LogP contribution in [0.15, 0.2) is 58.6 Å². The van der Waals surface area contributed by atoms with Crippen LogP contribution in [0, 0.1) is 0 Å². The van der Waals surface area contributed by atoms with Gasteiger partial charge in [-0.3, -0.25) is 9.35 Å². The Hall–Kier alpha value is -3.05. The molecule has 0 aliphatic heterocycles. The van der Waals surface area contributed by atoms with Crippen molar-refractivity contribution in [2.75, 3.05) is 7.11 Å². The second kappa shape index (κ2) is 10.2. The van der Waals surface area contributed by atoms with Gasteiger partial charge in [0.1, 0.15) is 11.5 Å². The number of methoxy groups -OCH3 is 1. The molecule has 0 bridgehead atoms. The van der Waals surface area contributed by atoms with Gasteiger partial charge in [-0.15, -0.1) is 0 Å². The van der Waals surface area contributed by atoms with Gasteiger partial charge in [0.2, 0.25) is 0 Å². The molecule has 0 radical (unpaired) electrons. The van der Waals surface area contributed by atoms with Crippen molar-refractivity contribution in [3.05, 3.63) is 54.1 Å². The molecule has 0 saturated carbocycles. The van der Waals surface area contributed by atoms with Gasteiger partial charge in [-0.2, -0.15) is 8.42 Å². The van der Waals surface area contributed by atoms with Crippen LogP contribution in [-0.2, 0) is 14.9 Å². The predicted octanol–water partition coefficient (Wildman–Crippen LogP) is 2.61. The van der Waals surface area contributed by atoms with Crippen LogP contribution in [0.1, 0.15) is 5.56 Å². The Bertz CT molecular complexity index is 867. The van der Waals surface area contributed by atoms with E-state index in [2.05, 4.69) is 9.89 Å². The van der Waals surface area contributed by atoms with Gasteiger partial charge in [-0.25, -0.2) is 8.78 Å². The Balaban J connectivity index is 0.000000271. The van der Waals surface area contributed by atoms with E-state index in [9.17, 15) is 22.0 Å². The monoisotopic (exact) mass is 403 g/mol. The Labute approximate surface area is 153 Å². The molecule has 0 aliphatic rings. The minimum atomic E-state index is -4.18. The van der Waals surface area contributed by atoms with Crippen LogP contribution in [-0.4, -0.2) is 43.9 Å². The van der Waals surface area contributed by atoms with E-state index in [0.29, 0.717) is 5.75 Å². The van der Waals surface area contributed by atoms with Crippen LogP contribution in [0.5, 0.6) is 11.5 Å². The lowest BCUT2D eigenvalue weighted by atomic mass is 10.1. The fourth-order valence-corrected chi connectivity index (χ4v) is 2.21. The molecule has 0 spiro atoms. The first-order valence-electron chi connectivity index (χ1n) is 7.05. The lowest BCUT2D eigenvalue weighted by Crippen LogP contribution is -2.11. The zero-order valence-electron chi connectivity index (χ0n) is 13.8. The molecule has 146 valence electrons. The van der Waals surface area contributed by atoms with Gasteiger partial charge in [-0.05, 0) is 48.5 Å². The topological polar surface area (TPSA) is 122 Å². The lowest BCUT2D eigenvalue weighted by Gasteiger charge is -2.04. The van der Waals surface area contributed by atoms with Gasteiger partial charge in [0.05, 0.1) is 12.0 Å². The smallest absolute Gasteiger partial charge is 0.298 e. The van der Waals surface area contributed by atoms with Crippen LogP contribution in [0.25, 0.3) is 0 Å². The van der Waals surface area contributed by atoms with Crippen molar-refractivity contribution in [1.82, 2.24) is 0 Å². The van der Waals surface area contributed by atoms with Crippen molar-refractivity contribution < 1.29 is 41.2 Å². The first-order valence-corrected chi connectivity index (χ1v) is 8.49. The highest BCUT2D eigenvalue weighted by Crippen LogP contribution is 2.15. The fourth-order valence-electron chi connectivity index (χ4n) is 1.73. The number of carbonyl (C=O) groups excluding carboxylic acids is 1. The number of benzene rings is 2. The van der Waals surface area contributed by atoms with E-state index in [4.69, 9.17) is 14.5 Å². The summed E-state index contributed by atoms with van der Waals surface area (Å²) in [6.45, 7) is 0.225. The van der Waals surface area contributed by atoms with Gasteiger partial charge < -0.3 is 14.7 Å². The first-order chi connectivity index (χ1) is 12.7. The van der Waals surface area contributed by atoms with Crippen molar-refractivity contribution in [3.63, 3.8) is 0 Å². The summed E-state index contributed by atoms with van der Waals surface area (Å²) in [6, 6.07) is 10.6. The van der Waals surface area contributed by atoms with Crippen LogP contribution >= 0.6 is 0 Å². The molecule has 0 fully saturated rings. The van der Waals surface area contributed by atoms with E-state index in [-0.39, 0.29) is 22.7 Å². The maximum atomic E-state index is 12.2. The van der Waals surface area contributed by atoms with E-state index in [1.54, 1.807) is 0 Å². The molecule has 8 nitrogen and oxygen atoms in total. The normalized spacial score (nSPS) is 11.4. The minimum Gasteiger partial charge on any atom is -0.497 e. The largest absolute Gasteiger partial charge is 0.497 e. The average molecular weight is 403 g/mol. The standard InChI is InChI=1S/C9H9F2NO2.C7H6O5S/c1-14-7-4-2-6(3-5-7)8(12-13)9(10)11;8-5-12-6-1-3-7(4-2-6)13(9,10)11/h2-5,9,13H,1H3;1-5H,(H,9,10,11). The summed E-state index contributed by atoms with van der Waals surface area (Å²) in [7, 11) is -2.70. The van der Waals surface area contributed by atoms with Crippen LogP contribution < -0.4 is 9.47 Å². The van der Waals surface area contributed by atoms with Gasteiger partial charge in [0.25, 0.3) is 23.0 Å². The maximum Gasteiger partial charge on any atom is 0.298 e. The van der Waals surface area contributed by atoms with Gasteiger partial charge >= 0.3 is 0 Å². The molecule has 11 heteroatoms. The van der Waals surface area contributed by atoms with E-state index < -0.39 is 22.3 Å². The molecule has 0 amide bonds. The second-order valence-electron chi connectivity index (χ2n) is 4.67. The number of hydrogen-bond acceptors (Lipinski definition) is 7. The highest BCUT2D eigenvalue weighted by atomic mass is 32.2. The third-order valence-electron chi connectivity index (χ3n) is 3.01. The summed E-state index contributed by atoms with van der Waals surface area (Å²) in [5, 5.41) is 10.9. The van der Waals surface area contributed by atoms with E-state index in [1.807, 2.05) is 0 Å². The van der Waals surface area contributed by atoms with Crippen LogP contribution in [0.2, 0.25) is 0 Å². The van der Waals surface area contributed by atoms with E-state index in [0.717, 1.165) is 12.1 Å². The zero-order valence-corrected chi connectivity index (χ0v) is 14.6. The Morgan fingerprint density at radius 2 is 1.59 bits per heavy atom. The fraction of sp³-hybridized carbons (Fsp3) is 0.125. The summed E-state index contributed by atoms with van der Waals surface area (Å²) in [5.41, 5.74) is -0.476. The number of hydrogen-bond donors (Lipinski definition) is 2. The average Bonchev–Trinajstić information content (AvgIpc) is 2.63. The van der Waals surface area contributed by atoms with Crippen molar-refractivity contribution in [1.29, 1.82) is 0 Å². The van der Waals surface area contributed by atoms with Crippen LogP contribution in [0.3, 0.4) is 0 Å². The van der Waals surface area contributed by atoms with E-state index in [1.165, 1.54) is 43.5 Å². The molecule has 0 atom stereocenters. The number of rotatable bonds is 6. The molecule has 0 unspecified atom stereocenters. The third kappa shape index (κ3) is 6.99. The lowest BCUT2D eigenvalue weighted by molar-refractivity contribution is -0.120. The van der Waals surface area contributed by atoms with Gasteiger partial charge in [-0.1, -0.05) is 5.16 Å². The SMILES string of the molecule is COc1ccc(C(=NO)C(F)F)cc1.O=COc1ccc(S(=O)(=O)O)cc1. The predicted molar refractivity (Wildman–Crippen MR) is 90.3 cm³/mol. The molecule has 0 aromatic heterocycles. The summed E-state index contributed by atoms with van der Waals surface area (Å²) >= 11 is 0. The zero-order chi connectivity index (χ0) is 20.4. The van der Waals surface area contributed by atoms with Crippen molar-refractivity contribution in [2.45, 2.75) is 11.3 Å². The summed E-state index contributed by atoms with van der Waals surface area (Å²) in [4.78, 5) is 9.62. The summed E-state index contributed by atoms with van der Waals surface area (Å²) < 4.78 is 63.4. The first kappa shape index (κ1) is 22.0. The minimum absolute atomic E-state index is 0.170. The molecular weight excluding hydrogens is 388 g/mol. The summed E-state index contributed by atoms with van der Waals surface area (Å²) in [6.07, 6.45) is -2.80. The molecule has 2 N–H and O–H groups in total. The van der Waals surface area contributed by atoms with Gasteiger partial charge in [0, 0.05) is 5.56 Å². The third-order valence-corrected chi connectivity index (χ3v) is 3.87. The van der Waals surface area contributed by atoms with Gasteiger partial charge in [0.15, 0.2) is 5.71 Å². The quantitative estimate of drug-likeness (QED) is 0.250. The molecule has 2 aromatic carbocycles. The van der Waals surface area contributed by atoms with Crippen molar-refractivity contribution in [3.8, 4) is 11.5 Å². The Morgan fingerprint density at radius 3 is 1.96 bits per heavy atom. The number of oxime groups is 1. The molecule has 0 aliphatic carbocycles. The Kier molecular flexibility index (Phi) is 8.30. The second-order valence-corrected chi connectivity index (χ2v) is 6.10. The Morgan fingerprint density at radius 1 is 1.07 bits per heavy atom. The van der Waals surface area contributed by atoms with Crippen LogP contribution in [0.4, 0.5) is 8.78 Å². The number of ether oxygens (including phenoxy) is 2. The number of carbonyl (C=O) groups is 1. The molecule has 0 saturated heterocycles. The molecule has 2 rings (SSSR count). The maximum absolute atomic E-state index is 12.2. The number of halogens is 2. The molecule has 0 heterocycles. The molecule has 27 heavy (non-hydrogen) atoms. The highest BCUT2D eigenvalue weighted by molar-refractivity contribution is 7.85. The number of nitrogens with zero attached hydrogens (tertiary/aromatic N) is 1. The highest BCUT2D eigenvalue weighted by Gasteiger charge is 2.16. The van der Waals surface area contributed by atoms with E-state index >= 15 is 0 Å². The van der Waals surface area contributed by atoms with Crippen molar-refractivity contribution in [2.24, 2.45) is 5.16 Å². The molecule has 2 aromatic rings. The number of alkyl halides is 2. The van der Waals surface area contributed by atoms with Crippen molar-refractivity contribution >= 4 is 22.3 Å². The summed E-state index contributed by atoms with van der Waals surface area (Å²) in [5.74, 6) is 0.766.